The monoisotopic (exact) mass is 224 g/mol. The van der Waals surface area contributed by atoms with Gasteiger partial charge in [0, 0.05) is 31.9 Å². The van der Waals surface area contributed by atoms with Crippen molar-refractivity contribution in [2.24, 2.45) is 5.73 Å². The maximum absolute atomic E-state index is 8.94. The lowest BCUT2D eigenvalue weighted by Crippen LogP contribution is -2.44. The summed E-state index contributed by atoms with van der Waals surface area (Å²) in [6, 6.07) is 2.07. The average Bonchev–Trinajstić information content (AvgIpc) is 2.19. The Morgan fingerprint density at radius 1 is 1.33 bits per heavy atom. The minimum atomic E-state index is 0.189. The Hall–Kier alpha value is -1.12. The Morgan fingerprint density at radius 3 is 2.27 bits per heavy atom. The van der Waals surface area contributed by atoms with Gasteiger partial charge in [0.2, 0.25) is 0 Å². The smallest absolute Gasteiger partial charge is 0.116 e. The fourth-order valence-electron chi connectivity index (χ4n) is 1.61. The van der Waals surface area contributed by atoms with E-state index < -0.39 is 0 Å². The third-order valence-electron chi connectivity index (χ3n) is 2.70. The molecule has 0 atom stereocenters. The maximum Gasteiger partial charge on any atom is 0.116 e. The van der Waals surface area contributed by atoms with Gasteiger partial charge < -0.3 is 15.5 Å². The van der Waals surface area contributed by atoms with Crippen LogP contribution in [0.25, 0.3) is 0 Å². The van der Waals surface area contributed by atoms with Crippen molar-refractivity contribution in [1.82, 2.24) is 9.80 Å². The minimum absolute atomic E-state index is 0.189. The standard InChI is InChI=1S/C10H16N4S/c1-8(9(7-11)10(12)15)14-5-3-13(2)4-6-14/h3-6H2,1-2H3,(H2,12,15)/b9-8-. The summed E-state index contributed by atoms with van der Waals surface area (Å²) in [7, 11) is 2.09. The fraction of sp³-hybridized carbons (Fsp3) is 0.600. The Labute approximate surface area is 95.9 Å². The molecule has 1 fully saturated rings. The van der Waals surface area contributed by atoms with E-state index in [-0.39, 0.29) is 4.99 Å². The lowest BCUT2D eigenvalue weighted by atomic mass is 10.2. The molecule has 1 aliphatic rings. The first-order valence-corrected chi connectivity index (χ1v) is 5.31. The molecular formula is C10H16N4S. The molecule has 1 saturated heterocycles. The van der Waals surface area contributed by atoms with Crippen LogP contribution in [0.1, 0.15) is 6.92 Å². The van der Waals surface area contributed by atoms with Crippen molar-refractivity contribution in [3.63, 3.8) is 0 Å². The van der Waals surface area contributed by atoms with Gasteiger partial charge in [-0.15, -0.1) is 0 Å². The molecule has 82 valence electrons. The second kappa shape index (κ2) is 5.10. The summed E-state index contributed by atoms with van der Waals surface area (Å²) in [5, 5.41) is 8.94. The van der Waals surface area contributed by atoms with Gasteiger partial charge >= 0.3 is 0 Å². The number of nitriles is 1. The van der Waals surface area contributed by atoms with E-state index in [1.807, 2.05) is 6.92 Å². The lowest BCUT2D eigenvalue weighted by Gasteiger charge is -2.34. The van der Waals surface area contributed by atoms with E-state index in [1.165, 1.54) is 0 Å². The lowest BCUT2D eigenvalue weighted by molar-refractivity contribution is 0.186. The second-order valence-electron chi connectivity index (χ2n) is 3.73. The first kappa shape index (κ1) is 12.0. The Kier molecular flexibility index (Phi) is 4.06. The summed E-state index contributed by atoms with van der Waals surface area (Å²) >= 11 is 4.85. The van der Waals surface area contributed by atoms with Crippen molar-refractivity contribution >= 4 is 17.2 Å². The molecule has 15 heavy (non-hydrogen) atoms. The van der Waals surface area contributed by atoms with Gasteiger partial charge in [0.05, 0.1) is 0 Å². The van der Waals surface area contributed by atoms with Crippen LogP contribution in [0.15, 0.2) is 11.3 Å². The van der Waals surface area contributed by atoms with Gasteiger partial charge in [-0.05, 0) is 14.0 Å². The van der Waals surface area contributed by atoms with E-state index in [9.17, 15) is 0 Å². The number of rotatable bonds is 2. The van der Waals surface area contributed by atoms with Crippen molar-refractivity contribution in [2.45, 2.75) is 6.92 Å². The number of allylic oxidation sites excluding steroid dienone is 1. The van der Waals surface area contributed by atoms with E-state index in [2.05, 4.69) is 22.9 Å². The topological polar surface area (TPSA) is 56.3 Å². The number of nitrogens with two attached hydrogens (primary N) is 1. The van der Waals surface area contributed by atoms with Gasteiger partial charge in [-0.25, -0.2) is 0 Å². The van der Waals surface area contributed by atoms with Crippen molar-refractivity contribution in [1.29, 1.82) is 5.26 Å². The van der Waals surface area contributed by atoms with Crippen LogP contribution >= 0.6 is 12.2 Å². The van der Waals surface area contributed by atoms with Crippen LogP contribution in [-0.4, -0.2) is 48.0 Å². The van der Waals surface area contributed by atoms with E-state index in [0.717, 1.165) is 31.9 Å². The Balaban J connectivity index is 2.79. The van der Waals surface area contributed by atoms with Crippen LogP contribution in [0, 0.1) is 11.3 Å². The largest absolute Gasteiger partial charge is 0.389 e. The van der Waals surface area contributed by atoms with E-state index >= 15 is 0 Å². The van der Waals surface area contributed by atoms with Crippen molar-refractivity contribution in [3.05, 3.63) is 11.3 Å². The number of piperazine rings is 1. The van der Waals surface area contributed by atoms with Gasteiger partial charge in [-0.3, -0.25) is 0 Å². The zero-order chi connectivity index (χ0) is 11.4. The molecule has 1 aliphatic heterocycles. The van der Waals surface area contributed by atoms with Gasteiger partial charge in [-0.2, -0.15) is 5.26 Å². The number of hydrogen-bond donors (Lipinski definition) is 1. The summed E-state index contributed by atoms with van der Waals surface area (Å²) in [5.74, 6) is 0. The third-order valence-corrected chi connectivity index (χ3v) is 2.90. The molecule has 0 bridgehead atoms. The Morgan fingerprint density at radius 2 is 1.87 bits per heavy atom. The minimum Gasteiger partial charge on any atom is -0.389 e. The molecule has 0 radical (unpaired) electrons. The normalized spacial score (nSPS) is 19.4. The predicted molar refractivity (Wildman–Crippen MR) is 64.2 cm³/mol. The van der Waals surface area contributed by atoms with Gasteiger partial charge in [0.1, 0.15) is 16.6 Å². The van der Waals surface area contributed by atoms with Gasteiger partial charge in [0.15, 0.2) is 0 Å². The second-order valence-corrected chi connectivity index (χ2v) is 4.17. The van der Waals surface area contributed by atoms with Crippen LogP contribution in [0.5, 0.6) is 0 Å². The number of nitrogens with zero attached hydrogens (tertiary/aromatic N) is 3. The number of thiocarbonyl (C=S) groups is 1. The summed E-state index contributed by atoms with van der Waals surface area (Å²) in [4.78, 5) is 4.61. The molecule has 0 unspecified atom stereocenters. The highest BCUT2D eigenvalue weighted by Gasteiger charge is 2.17. The molecule has 4 nitrogen and oxygen atoms in total. The molecule has 5 heteroatoms. The molecule has 0 spiro atoms. The fourth-order valence-corrected chi connectivity index (χ4v) is 1.81. The van der Waals surface area contributed by atoms with Gasteiger partial charge in [-0.1, -0.05) is 12.2 Å². The first-order chi connectivity index (χ1) is 7.06. The molecule has 0 aromatic carbocycles. The molecular weight excluding hydrogens is 208 g/mol. The molecule has 0 amide bonds. The van der Waals surface area contributed by atoms with Gasteiger partial charge in [0.25, 0.3) is 0 Å². The molecule has 0 saturated carbocycles. The van der Waals surface area contributed by atoms with E-state index in [1.54, 1.807) is 0 Å². The third kappa shape index (κ3) is 2.91. The molecule has 0 aromatic rings. The molecule has 1 heterocycles. The summed E-state index contributed by atoms with van der Waals surface area (Å²) in [6.07, 6.45) is 0. The summed E-state index contributed by atoms with van der Waals surface area (Å²) in [6.45, 7) is 5.77. The first-order valence-electron chi connectivity index (χ1n) is 4.90. The highest BCUT2D eigenvalue weighted by molar-refractivity contribution is 7.80. The van der Waals surface area contributed by atoms with Crippen LogP contribution in [0.2, 0.25) is 0 Å². The quantitative estimate of drug-likeness (QED) is 0.416. The zero-order valence-electron chi connectivity index (χ0n) is 9.16. The average molecular weight is 224 g/mol. The summed E-state index contributed by atoms with van der Waals surface area (Å²) < 4.78 is 0. The summed E-state index contributed by atoms with van der Waals surface area (Å²) in [5.41, 5.74) is 6.84. The van der Waals surface area contributed by atoms with Crippen molar-refractivity contribution < 1.29 is 0 Å². The number of hydrogen-bond acceptors (Lipinski definition) is 4. The van der Waals surface area contributed by atoms with E-state index in [4.69, 9.17) is 23.2 Å². The molecule has 2 N–H and O–H groups in total. The van der Waals surface area contributed by atoms with Crippen molar-refractivity contribution in [3.8, 4) is 6.07 Å². The Bertz CT molecular complexity index is 321. The predicted octanol–water partition coefficient (Wildman–Crippen LogP) is 0.317. The van der Waals surface area contributed by atoms with Crippen LogP contribution in [0.3, 0.4) is 0 Å². The van der Waals surface area contributed by atoms with Crippen LogP contribution in [0.4, 0.5) is 0 Å². The van der Waals surface area contributed by atoms with E-state index in [0.29, 0.717) is 5.57 Å². The van der Waals surface area contributed by atoms with Crippen LogP contribution < -0.4 is 5.73 Å². The molecule has 0 aromatic heterocycles. The SMILES string of the molecule is C/C(=C(\C#N)C(N)=S)N1CCN(C)CC1. The molecule has 0 aliphatic carbocycles. The van der Waals surface area contributed by atoms with Crippen molar-refractivity contribution in [2.75, 3.05) is 33.2 Å². The zero-order valence-corrected chi connectivity index (χ0v) is 9.97. The number of likely N-dealkylation sites (N-methyl/N-ethyl adjacent to an activating group) is 1. The van der Waals surface area contributed by atoms with Crippen LogP contribution in [-0.2, 0) is 0 Å². The highest BCUT2D eigenvalue weighted by Crippen LogP contribution is 2.12. The molecule has 1 rings (SSSR count). The maximum atomic E-state index is 8.94. The highest BCUT2D eigenvalue weighted by atomic mass is 32.1.